The summed E-state index contributed by atoms with van der Waals surface area (Å²) in [5.74, 6) is -0.0712. The first-order valence-electron chi connectivity index (χ1n) is 30.6. The molecule has 0 aliphatic heterocycles. The van der Waals surface area contributed by atoms with Crippen molar-refractivity contribution in [3.8, 4) is 0 Å². The summed E-state index contributed by atoms with van der Waals surface area (Å²) in [5, 5.41) is 23.4. The molecule has 6 heteroatoms. The molecule has 6 nitrogen and oxygen atoms in total. The zero-order valence-electron chi connectivity index (χ0n) is 45.9. The first-order valence-corrected chi connectivity index (χ1v) is 30.6. The highest BCUT2D eigenvalue weighted by Crippen LogP contribution is 2.18. The van der Waals surface area contributed by atoms with Crippen LogP contribution in [0.1, 0.15) is 335 Å². The predicted octanol–water partition coefficient (Wildman–Crippen LogP) is 19.0. The monoisotopic (exact) mass is 958 g/mol. The van der Waals surface area contributed by atoms with Crippen LogP contribution in [0.3, 0.4) is 0 Å². The van der Waals surface area contributed by atoms with Gasteiger partial charge in [0.15, 0.2) is 0 Å². The molecule has 2 atom stereocenters. The van der Waals surface area contributed by atoms with Crippen LogP contribution < -0.4 is 5.32 Å². The van der Waals surface area contributed by atoms with E-state index in [0.717, 1.165) is 64.2 Å². The van der Waals surface area contributed by atoms with Gasteiger partial charge in [-0.2, -0.15) is 0 Å². The van der Waals surface area contributed by atoms with Gasteiger partial charge in [-0.05, 0) is 57.8 Å². The second kappa shape index (κ2) is 57.9. The Morgan fingerprint density at radius 3 is 1.15 bits per heavy atom. The van der Waals surface area contributed by atoms with E-state index in [9.17, 15) is 19.8 Å². The quantitative estimate of drug-likeness (QED) is 0.0321. The SMILES string of the molecule is CCCCC/C=C\C/C=C\CCCCCCCCCC(=O)OCCCCCCCCCCCCCC(=O)NC(CO)C(O)CCCCCCCCCCCCCCCCCCCCCCCCC. The number of carbonyl (C=O) groups is 2. The molecular formula is C62H119NO5. The number of amides is 1. The van der Waals surface area contributed by atoms with Gasteiger partial charge in [-0.1, -0.05) is 289 Å². The van der Waals surface area contributed by atoms with E-state index in [0.29, 0.717) is 25.9 Å². The van der Waals surface area contributed by atoms with Gasteiger partial charge in [0.1, 0.15) is 0 Å². The van der Waals surface area contributed by atoms with Crippen molar-refractivity contribution in [2.24, 2.45) is 0 Å². The number of hydrogen-bond donors (Lipinski definition) is 3. The van der Waals surface area contributed by atoms with Crippen LogP contribution in [0.4, 0.5) is 0 Å². The average molecular weight is 959 g/mol. The van der Waals surface area contributed by atoms with E-state index in [1.54, 1.807) is 0 Å². The number of carbonyl (C=O) groups excluding carboxylic acids is 2. The van der Waals surface area contributed by atoms with Crippen molar-refractivity contribution < 1.29 is 24.5 Å². The fraction of sp³-hybridized carbons (Fsp3) is 0.903. The summed E-state index contributed by atoms with van der Waals surface area (Å²) in [6.07, 6.45) is 70.3. The van der Waals surface area contributed by atoms with Gasteiger partial charge in [0.2, 0.25) is 5.91 Å². The maximum Gasteiger partial charge on any atom is 0.305 e. The van der Waals surface area contributed by atoms with Gasteiger partial charge in [0.25, 0.3) is 0 Å². The molecule has 0 radical (unpaired) electrons. The van der Waals surface area contributed by atoms with Crippen molar-refractivity contribution >= 4 is 11.9 Å². The molecule has 0 saturated heterocycles. The standard InChI is InChI=1S/C62H119NO5/c1-3-5-7-9-11-13-15-17-19-21-22-23-24-25-26-28-29-31-34-38-42-46-50-54-60(65)59(58-64)63-61(66)55-51-47-43-39-35-33-37-41-45-49-53-57-68-62(67)56-52-48-44-40-36-32-30-27-20-18-16-14-12-10-8-6-4-2/h12,14,18,20,59-60,64-65H,3-11,13,15-17,19,21-58H2,1-2H3,(H,63,66)/b14-12-,20-18-. The van der Waals surface area contributed by atoms with Crippen LogP contribution in [0.5, 0.6) is 0 Å². The molecule has 0 saturated carbocycles. The van der Waals surface area contributed by atoms with Crippen LogP contribution in [0.2, 0.25) is 0 Å². The molecule has 68 heavy (non-hydrogen) atoms. The van der Waals surface area contributed by atoms with Crippen LogP contribution in [0.25, 0.3) is 0 Å². The van der Waals surface area contributed by atoms with Crippen molar-refractivity contribution in [2.45, 2.75) is 347 Å². The molecule has 0 rings (SSSR count). The van der Waals surface area contributed by atoms with Gasteiger partial charge in [-0.3, -0.25) is 9.59 Å². The van der Waals surface area contributed by atoms with E-state index in [1.807, 2.05) is 0 Å². The number of esters is 1. The summed E-state index contributed by atoms with van der Waals surface area (Å²) >= 11 is 0. The second-order valence-electron chi connectivity index (χ2n) is 21.0. The molecule has 0 heterocycles. The first kappa shape index (κ1) is 66.3. The summed E-state index contributed by atoms with van der Waals surface area (Å²) < 4.78 is 5.47. The molecule has 0 spiro atoms. The molecule has 3 N–H and O–H groups in total. The Kier molecular flexibility index (Phi) is 56.5. The lowest BCUT2D eigenvalue weighted by atomic mass is 10.0. The number of hydrogen-bond acceptors (Lipinski definition) is 5. The van der Waals surface area contributed by atoms with Crippen molar-refractivity contribution in [3.63, 3.8) is 0 Å². The van der Waals surface area contributed by atoms with E-state index in [4.69, 9.17) is 4.74 Å². The number of ether oxygens (including phenoxy) is 1. The smallest absolute Gasteiger partial charge is 0.305 e. The zero-order valence-corrected chi connectivity index (χ0v) is 45.9. The molecule has 0 aromatic carbocycles. The Hall–Kier alpha value is -1.66. The minimum Gasteiger partial charge on any atom is -0.466 e. The fourth-order valence-electron chi connectivity index (χ4n) is 9.55. The minimum absolute atomic E-state index is 0.0202. The normalized spacial score (nSPS) is 12.7. The Balaban J connectivity index is 3.45. The number of nitrogens with one attached hydrogen (secondary N) is 1. The van der Waals surface area contributed by atoms with Crippen LogP contribution in [0.15, 0.2) is 24.3 Å². The van der Waals surface area contributed by atoms with Gasteiger partial charge in [-0.25, -0.2) is 0 Å². The molecule has 1 amide bonds. The van der Waals surface area contributed by atoms with Crippen molar-refractivity contribution in [1.82, 2.24) is 5.32 Å². The lowest BCUT2D eigenvalue weighted by Gasteiger charge is -2.22. The summed E-state index contributed by atoms with van der Waals surface area (Å²) in [4.78, 5) is 24.6. The lowest BCUT2D eigenvalue weighted by Crippen LogP contribution is -2.45. The van der Waals surface area contributed by atoms with Gasteiger partial charge >= 0.3 is 5.97 Å². The minimum atomic E-state index is -0.678. The van der Waals surface area contributed by atoms with Gasteiger partial charge in [-0.15, -0.1) is 0 Å². The summed E-state index contributed by atoms with van der Waals surface area (Å²) in [6, 6.07) is -0.557. The maximum absolute atomic E-state index is 12.5. The Labute approximate surface area is 424 Å². The van der Waals surface area contributed by atoms with Crippen molar-refractivity contribution in [1.29, 1.82) is 0 Å². The third-order valence-electron chi connectivity index (χ3n) is 14.3. The number of aliphatic hydroxyl groups is 2. The van der Waals surface area contributed by atoms with E-state index in [-0.39, 0.29) is 18.5 Å². The summed E-state index contributed by atoms with van der Waals surface area (Å²) in [6.45, 7) is 4.91. The van der Waals surface area contributed by atoms with Crippen LogP contribution in [-0.4, -0.2) is 47.4 Å². The molecule has 0 bridgehead atoms. The van der Waals surface area contributed by atoms with Crippen LogP contribution in [-0.2, 0) is 14.3 Å². The lowest BCUT2D eigenvalue weighted by molar-refractivity contribution is -0.143. The maximum atomic E-state index is 12.5. The van der Waals surface area contributed by atoms with Crippen molar-refractivity contribution in [2.75, 3.05) is 13.2 Å². The van der Waals surface area contributed by atoms with Crippen LogP contribution >= 0.6 is 0 Å². The topological polar surface area (TPSA) is 95.9 Å². The summed E-state index contributed by atoms with van der Waals surface area (Å²) in [5.41, 5.74) is 0. The molecule has 0 aromatic rings. The van der Waals surface area contributed by atoms with E-state index in [2.05, 4.69) is 43.5 Å². The van der Waals surface area contributed by atoms with Gasteiger partial charge in [0.05, 0.1) is 25.4 Å². The third-order valence-corrected chi connectivity index (χ3v) is 14.3. The zero-order chi connectivity index (χ0) is 49.3. The number of allylic oxidation sites excluding steroid dienone is 4. The molecule has 2 unspecified atom stereocenters. The number of unbranched alkanes of at least 4 members (excludes halogenated alkanes) is 42. The summed E-state index contributed by atoms with van der Waals surface area (Å²) in [7, 11) is 0. The average Bonchev–Trinajstić information content (AvgIpc) is 3.34. The largest absolute Gasteiger partial charge is 0.466 e. The van der Waals surface area contributed by atoms with Crippen molar-refractivity contribution in [3.05, 3.63) is 24.3 Å². The fourth-order valence-corrected chi connectivity index (χ4v) is 9.55. The highest BCUT2D eigenvalue weighted by molar-refractivity contribution is 5.76. The highest BCUT2D eigenvalue weighted by Gasteiger charge is 2.20. The Morgan fingerprint density at radius 2 is 0.735 bits per heavy atom. The Morgan fingerprint density at radius 1 is 0.412 bits per heavy atom. The third kappa shape index (κ3) is 53.7. The first-order chi connectivity index (χ1) is 33.5. The molecule has 0 aliphatic carbocycles. The van der Waals surface area contributed by atoms with E-state index < -0.39 is 12.1 Å². The van der Waals surface area contributed by atoms with Crippen LogP contribution in [0, 0.1) is 0 Å². The molecule has 0 aromatic heterocycles. The molecule has 0 fully saturated rings. The predicted molar refractivity (Wildman–Crippen MR) is 296 cm³/mol. The molecule has 0 aliphatic rings. The van der Waals surface area contributed by atoms with Gasteiger partial charge < -0.3 is 20.3 Å². The highest BCUT2D eigenvalue weighted by atomic mass is 16.5. The van der Waals surface area contributed by atoms with Gasteiger partial charge in [0, 0.05) is 12.8 Å². The van der Waals surface area contributed by atoms with E-state index in [1.165, 1.54) is 238 Å². The molecule has 402 valence electrons. The van der Waals surface area contributed by atoms with E-state index >= 15 is 0 Å². The number of rotatable bonds is 57. The number of aliphatic hydroxyl groups excluding tert-OH is 2. The molecular weight excluding hydrogens is 839 g/mol. The Bertz CT molecular complexity index is 1060. The second-order valence-corrected chi connectivity index (χ2v) is 21.0.